The van der Waals surface area contributed by atoms with Gasteiger partial charge in [-0.05, 0) is 43.2 Å². The lowest BCUT2D eigenvalue weighted by Gasteiger charge is -2.02. The summed E-state index contributed by atoms with van der Waals surface area (Å²) in [5.74, 6) is -0.247. The summed E-state index contributed by atoms with van der Waals surface area (Å²) >= 11 is 0. The molecule has 2 amide bonds. The Labute approximate surface area is 162 Å². The molecule has 0 aliphatic rings. The highest BCUT2D eigenvalue weighted by Gasteiger charge is 1.96. The van der Waals surface area contributed by atoms with Gasteiger partial charge in [0.25, 0.3) is 0 Å². The Morgan fingerprint density at radius 1 is 0.963 bits per heavy atom. The Balaban J connectivity index is 0.000000438. The van der Waals surface area contributed by atoms with E-state index in [4.69, 9.17) is 5.11 Å². The number of rotatable bonds is 4. The number of aldehydes is 1. The van der Waals surface area contributed by atoms with Crippen molar-refractivity contribution in [1.82, 2.24) is 0 Å². The second-order valence-corrected chi connectivity index (χ2v) is 6.46. The van der Waals surface area contributed by atoms with E-state index in [2.05, 4.69) is 24.0 Å². The van der Waals surface area contributed by atoms with Crippen LogP contribution in [0.15, 0.2) is 48.5 Å². The molecule has 0 radical (unpaired) electrons. The molecule has 27 heavy (non-hydrogen) atoms. The third-order valence-corrected chi connectivity index (χ3v) is 2.77. The molecule has 0 heterocycles. The fourth-order valence-corrected chi connectivity index (χ4v) is 1.84. The zero-order valence-electron chi connectivity index (χ0n) is 16.1. The summed E-state index contributed by atoms with van der Waals surface area (Å²) in [6, 6.07) is 13.8. The summed E-state index contributed by atoms with van der Waals surface area (Å²) < 4.78 is 0. The molecule has 0 spiro atoms. The second-order valence-electron chi connectivity index (χ2n) is 5.46. The topological polar surface area (TPSA) is 95.5 Å². The molecule has 3 N–H and O–H groups in total. The van der Waals surface area contributed by atoms with Crippen LogP contribution in [0.2, 0.25) is 0 Å². The van der Waals surface area contributed by atoms with Crippen molar-refractivity contribution in [2.45, 2.75) is 20.5 Å². The summed E-state index contributed by atoms with van der Waals surface area (Å²) in [4.78, 5) is 31.6. The summed E-state index contributed by atoms with van der Waals surface area (Å²) in [5.41, 5.74) is 2.71. The van der Waals surface area contributed by atoms with Crippen LogP contribution in [0.4, 0.5) is 11.4 Å². The summed E-state index contributed by atoms with van der Waals surface area (Å²) in [6.07, 6.45) is 0.741. The van der Waals surface area contributed by atoms with E-state index >= 15 is 0 Å². The summed E-state index contributed by atoms with van der Waals surface area (Å²) in [7, 11) is 1.08. The molecule has 2 aromatic rings. The molecular formula is C20H27N2O4P. The van der Waals surface area contributed by atoms with Crippen molar-refractivity contribution in [2.75, 3.05) is 24.0 Å². The number of carbonyl (C=O) groups excluding carboxylic acids is 3. The van der Waals surface area contributed by atoms with Gasteiger partial charge in [0.05, 0.1) is 6.61 Å². The predicted octanol–water partition coefficient (Wildman–Crippen LogP) is 3.52. The highest BCUT2D eigenvalue weighted by Crippen LogP contribution is 2.10. The van der Waals surface area contributed by atoms with Crippen LogP contribution in [0, 0.1) is 0 Å². The summed E-state index contributed by atoms with van der Waals surface area (Å²) in [6.45, 7) is 7.17. The minimum Gasteiger partial charge on any atom is -0.392 e. The molecule has 0 aliphatic heterocycles. The van der Waals surface area contributed by atoms with E-state index in [0.29, 0.717) is 16.9 Å². The fraction of sp³-hybridized carbons (Fsp3) is 0.250. The maximum Gasteiger partial charge on any atom is 0.221 e. The number of amides is 2. The van der Waals surface area contributed by atoms with Gasteiger partial charge in [-0.3, -0.25) is 14.4 Å². The van der Waals surface area contributed by atoms with Crippen LogP contribution in [-0.2, 0) is 16.2 Å². The van der Waals surface area contributed by atoms with Crippen LogP contribution in [0.3, 0.4) is 0 Å². The van der Waals surface area contributed by atoms with Gasteiger partial charge in [-0.25, -0.2) is 0 Å². The molecule has 0 aromatic heterocycles. The third-order valence-electron chi connectivity index (χ3n) is 2.77. The first-order chi connectivity index (χ1) is 12.9. The zero-order chi connectivity index (χ0) is 20.7. The van der Waals surface area contributed by atoms with Crippen molar-refractivity contribution >= 4 is 38.1 Å². The Hall–Kier alpha value is -2.56. The lowest BCUT2D eigenvalue weighted by atomic mass is 10.2. The van der Waals surface area contributed by atoms with Gasteiger partial charge in [-0.15, -0.1) is 8.58 Å². The monoisotopic (exact) mass is 390 g/mol. The molecule has 0 saturated heterocycles. The van der Waals surface area contributed by atoms with Crippen molar-refractivity contribution in [3.05, 3.63) is 59.7 Å². The van der Waals surface area contributed by atoms with E-state index in [1.54, 1.807) is 48.5 Å². The first-order valence-electron chi connectivity index (χ1n) is 8.25. The fourth-order valence-electron chi connectivity index (χ4n) is 1.84. The highest BCUT2D eigenvalue weighted by molar-refractivity contribution is 7.35. The maximum absolute atomic E-state index is 10.6. The molecule has 2 aromatic carbocycles. The summed E-state index contributed by atoms with van der Waals surface area (Å²) in [5, 5.41) is 14.0. The van der Waals surface area contributed by atoms with Gasteiger partial charge < -0.3 is 15.7 Å². The molecule has 6 nitrogen and oxygen atoms in total. The van der Waals surface area contributed by atoms with Crippen molar-refractivity contribution < 1.29 is 19.5 Å². The Bertz CT molecular complexity index is 735. The number of aliphatic hydroxyl groups excluding tert-OH is 1. The molecular weight excluding hydrogens is 363 g/mol. The molecule has 7 heteroatoms. The number of benzene rings is 2. The Kier molecular flexibility index (Phi) is 13.2. The molecule has 0 aliphatic carbocycles. The lowest BCUT2D eigenvalue weighted by Crippen LogP contribution is -2.05. The van der Waals surface area contributed by atoms with Gasteiger partial charge in [0.2, 0.25) is 11.8 Å². The Morgan fingerprint density at radius 2 is 1.44 bits per heavy atom. The number of anilines is 2. The molecule has 0 fully saturated rings. The number of hydrogen-bond donors (Lipinski definition) is 3. The van der Waals surface area contributed by atoms with Crippen LogP contribution in [-0.4, -0.2) is 36.5 Å². The van der Waals surface area contributed by atoms with Gasteiger partial charge in [-0.1, -0.05) is 24.3 Å². The smallest absolute Gasteiger partial charge is 0.221 e. The second kappa shape index (κ2) is 14.6. The Morgan fingerprint density at radius 3 is 1.89 bits per heavy atom. The maximum atomic E-state index is 10.6. The highest BCUT2D eigenvalue weighted by atomic mass is 31.1. The predicted molar refractivity (Wildman–Crippen MR) is 113 cm³/mol. The van der Waals surface area contributed by atoms with Crippen molar-refractivity contribution in [1.29, 1.82) is 0 Å². The van der Waals surface area contributed by atoms with Gasteiger partial charge in [0.1, 0.15) is 6.29 Å². The lowest BCUT2D eigenvalue weighted by molar-refractivity contribution is -0.115. The normalized spacial score (nSPS) is 8.93. The number of aliphatic hydroxyl groups is 1. The van der Waals surface area contributed by atoms with Crippen molar-refractivity contribution in [3.8, 4) is 0 Å². The van der Waals surface area contributed by atoms with Crippen LogP contribution in [0.1, 0.15) is 29.8 Å². The van der Waals surface area contributed by atoms with Crippen LogP contribution in [0.25, 0.3) is 0 Å². The van der Waals surface area contributed by atoms with E-state index in [0.717, 1.165) is 20.4 Å². The van der Waals surface area contributed by atoms with E-state index in [9.17, 15) is 14.4 Å². The third kappa shape index (κ3) is 12.4. The molecule has 0 atom stereocenters. The minimum atomic E-state index is -0.141. The van der Waals surface area contributed by atoms with Gasteiger partial charge in [-0.2, -0.15) is 0 Å². The average molecular weight is 390 g/mol. The molecule has 146 valence electrons. The number of hydrogen-bond acceptors (Lipinski definition) is 4. The quantitative estimate of drug-likeness (QED) is 0.550. The van der Waals surface area contributed by atoms with E-state index in [1.807, 2.05) is 0 Å². The SMILES string of the molecule is CC(=O)Nc1cccc(C=O)c1.CC(=O)Nc1cccc(CO)c1.CPC. The van der Waals surface area contributed by atoms with Gasteiger partial charge in [0, 0.05) is 30.8 Å². The van der Waals surface area contributed by atoms with Crippen LogP contribution in [0.5, 0.6) is 0 Å². The molecule has 0 saturated carbocycles. The van der Waals surface area contributed by atoms with Crippen molar-refractivity contribution in [3.63, 3.8) is 0 Å². The van der Waals surface area contributed by atoms with E-state index in [1.165, 1.54) is 13.8 Å². The van der Waals surface area contributed by atoms with E-state index in [-0.39, 0.29) is 18.4 Å². The first-order valence-corrected chi connectivity index (χ1v) is 10.2. The van der Waals surface area contributed by atoms with Crippen LogP contribution >= 0.6 is 8.58 Å². The first kappa shape index (κ1) is 24.4. The number of nitrogens with one attached hydrogen (secondary N) is 2. The van der Waals surface area contributed by atoms with E-state index < -0.39 is 0 Å². The largest absolute Gasteiger partial charge is 0.392 e. The molecule has 0 unspecified atom stereocenters. The average Bonchev–Trinajstić information content (AvgIpc) is 2.62. The zero-order valence-corrected chi connectivity index (χ0v) is 17.1. The molecule has 0 bridgehead atoms. The standard InChI is InChI=1S/C9H11NO2.C9H9NO2.C2H7P/c2*1-7(12)10-9-4-2-3-8(5-9)6-11;1-3-2/h2-5,11H,6H2,1H3,(H,10,12);2-6H,1H3,(H,10,12);3H,1-2H3. The number of carbonyl (C=O) groups is 3. The van der Waals surface area contributed by atoms with Crippen molar-refractivity contribution in [2.24, 2.45) is 0 Å². The molecule has 2 rings (SSSR count). The van der Waals surface area contributed by atoms with Gasteiger partial charge in [0.15, 0.2) is 0 Å². The van der Waals surface area contributed by atoms with Gasteiger partial charge >= 0.3 is 0 Å². The minimum absolute atomic E-state index is 0.00652. The van der Waals surface area contributed by atoms with Crippen LogP contribution < -0.4 is 10.6 Å².